The zero-order chi connectivity index (χ0) is 12.0. The lowest BCUT2D eigenvalue weighted by Gasteiger charge is -2.05. The van der Waals surface area contributed by atoms with Crippen molar-refractivity contribution in [3.05, 3.63) is 24.3 Å². The van der Waals surface area contributed by atoms with Crippen molar-refractivity contribution in [3.8, 4) is 5.75 Å². The molecular formula is C11H13NO4. The van der Waals surface area contributed by atoms with E-state index in [1.54, 1.807) is 24.3 Å². The Bertz CT molecular complexity index is 372. The van der Waals surface area contributed by atoms with E-state index in [0.717, 1.165) is 0 Å². The smallest absolute Gasteiger partial charge is 0.310 e. The lowest BCUT2D eigenvalue weighted by atomic mass is 10.2. The van der Waals surface area contributed by atoms with E-state index in [0.29, 0.717) is 11.4 Å². The molecule has 86 valence electrons. The quantitative estimate of drug-likeness (QED) is 0.556. The number of ether oxygens (including phenoxy) is 1. The van der Waals surface area contributed by atoms with Crippen molar-refractivity contribution in [2.24, 2.45) is 0 Å². The van der Waals surface area contributed by atoms with Gasteiger partial charge >= 0.3 is 5.97 Å². The van der Waals surface area contributed by atoms with Crippen LogP contribution in [0, 0.1) is 0 Å². The molecule has 0 aliphatic carbocycles. The Kier molecular flexibility index (Phi) is 4.32. The van der Waals surface area contributed by atoms with Crippen molar-refractivity contribution in [1.82, 2.24) is 0 Å². The number of hydrogen-bond acceptors (Lipinski definition) is 4. The van der Waals surface area contributed by atoms with Gasteiger partial charge in [0, 0.05) is 12.1 Å². The molecule has 1 aromatic carbocycles. The molecule has 0 aromatic heterocycles. The molecule has 5 nitrogen and oxygen atoms in total. The molecule has 0 heterocycles. The molecule has 1 aromatic rings. The Labute approximate surface area is 92.8 Å². The third kappa shape index (κ3) is 4.45. The molecule has 0 aliphatic rings. The summed E-state index contributed by atoms with van der Waals surface area (Å²) in [4.78, 5) is 21.2. The fraction of sp³-hybridized carbons (Fsp3) is 0.273. The van der Waals surface area contributed by atoms with Gasteiger partial charge in [-0.2, -0.15) is 0 Å². The van der Waals surface area contributed by atoms with Crippen molar-refractivity contribution < 1.29 is 19.4 Å². The van der Waals surface area contributed by atoms with Gasteiger partial charge in [0.25, 0.3) is 0 Å². The van der Waals surface area contributed by atoms with Gasteiger partial charge in [0.1, 0.15) is 18.0 Å². The standard InChI is InChI=1S/C11H13NO4/c12-8-1-3-10(4-2-8)16-6-5-9(13)7-11(14)15/h1-4H,5-7,12H2,(H,14,15). The number of nitrogen functional groups attached to an aromatic ring is 1. The lowest BCUT2D eigenvalue weighted by molar-refractivity contribution is -0.140. The molecule has 0 amide bonds. The van der Waals surface area contributed by atoms with Crippen LogP contribution in [0.25, 0.3) is 0 Å². The minimum atomic E-state index is -1.11. The Balaban J connectivity index is 2.28. The predicted molar refractivity (Wildman–Crippen MR) is 58.2 cm³/mol. The van der Waals surface area contributed by atoms with Gasteiger partial charge in [0.2, 0.25) is 0 Å². The first-order chi connectivity index (χ1) is 7.58. The van der Waals surface area contributed by atoms with Gasteiger partial charge < -0.3 is 15.6 Å². The van der Waals surface area contributed by atoms with Crippen molar-refractivity contribution in [3.63, 3.8) is 0 Å². The van der Waals surface area contributed by atoms with E-state index in [2.05, 4.69) is 0 Å². The van der Waals surface area contributed by atoms with Gasteiger partial charge in [-0.1, -0.05) is 0 Å². The summed E-state index contributed by atoms with van der Waals surface area (Å²) in [7, 11) is 0. The second-order valence-electron chi connectivity index (χ2n) is 3.28. The number of ketones is 1. The maximum Gasteiger partial charge on any atom is 0.310 e. The number of carbonyl (C=O) groups is 2. The fourth-order valence-electron chi connectivity index (χ4n) is 1.10. The highest BCUT2D eigenvalue weighted by Gasteiger charge is 2.07. The molecule has 3 N–H and O–H groups in total. The average Bonchev–Trinajstić information content (AvgIpc) is 2.20. The van der Waals surface area contributed by atoms with Crippen LogP contribution in [0.1, 0.15) is 12.8 Å². The Hall–Kier alpha value is -2.04. The first kappa shape index (κ1) is 12.0. The monoisotopic (exact) mass is 223 g/mol. The Morgan fingerprint density at radius 3 is 2.44 bits per heavy atom. The van der Waals surface area contributed by atoms with Crippen LogP contribution in [0.5, 0.6) is 5.75 Å². The topological polar surface area (TPSA) is 89.6 Å². The third-order valence-corrected chi connectivity index (χ3v) is 1.88. The molecule has 1 rings (SSSR count). The summed E-state index contributed by atoms with van der Waals surface area (Å²) < 4.78 is 5.24. The van der Waals surface area contributed by atoms with Crippen molar-refractivity contribution in [2.75, 3.05) is 12.3 Å². The van der Waals surface area contributed by atoms with E-state index in [-0.39, 0.29) is 18.8 Å². The zero-order valence-electron chi connectivity index (χ0n) is 8.68. The molecule has 16 heavy (non-hydrogen) atoms. The van der Waals surface area contributed by atoms with Crippen LogP contribution in [-0.4, -0.2) is 23.5 Å². The summed E-state index contributed by atoms with van der Waals surface area (Å²) in [6.07, 6.45) is -0.359. The summed E-state index contributed by atoms with van der Waals surface area (Å²) in [5.74, 6) is -0.849. The minimum absolute atomic E-state index is 0.0939. The molecule has 0 saturated carbocycles. The van der Waals surface area contributed by atoms with Crippen LogP contribution in [0.3, 0.4) is 0 Å². The number of carbonyl (C=O) groups excluding carboxylic acids is 1. The van der Waals surface area contributed by atoms with E-state index in [9.17, 15) is 9.59 Å². The van der Waals surface area contributed by atoms with Crippen LogP contribution < -0.4 is 10.5 Å². The van der Waals surface area contributed by atoms with Crippen LogP contribution in [0.15, 0.2) is 24.3 Å². The van der Waals surface area contributed by atoms with E-state index in [1.165, 1.54) is 0 Å². The van der Waals surface area contributed by atoms with Crippen LogP contribution in [0.4, 0.5) is 5.69 Å². The van der Waals surface area contributed by atoms with Crippen molar-refractivity contribution in [2.45, 2.75) is 12.8 Å². The third-order valence-electron chi connectivity index (χ3n) is 1.88. The van der Waals surface area contributed by atoms with Crippen LogP contribution >= 0.6 is 0 Å². The van der Waals surface area contributed by atoms with Crippen molar-refractivity contribution in [1.29, 1.82) is 0 Å². The van der Waals surface area contributed by atoms with Crippen LogP contribution in [0.2, 0.25) is 0 Å². The Morgan fingerprint density at radius 1 is 1.25 bits per heavy atom. The van der Waals surface area contributed by atoms with Gasteiger partial charge in [-0.25, -0.2) is 0 Å². The molecule has 0 fully saturated rings. The molecule has 0 spiro atoms. The summed E-state index contributed by atoms with van der Waals surface area (Å²) in [5, 5.41) is 8.36. The summed E-state index contributed by atoms with van der Waals surface area (Å²) in [5.41, 5.74) is 6.12. The van der Waals surface area contributed by atoms with E-state index in [4.69, 9.17) is 15.6 Å². The number of nitrogens with two attached hydrogens (primary N) is 1. The maximum atomic E-state index is 11.0. The number of Topliss-reactive ketones (excluding diaryl/α,β-unsaturated/α-hetero) is 1. The van der Waals surface area contributed by atoms with E-state index >= 15 is 0 Å². The molecule has 0 atom stereocenters. The molecule has 0 unspecified atom stereocenters. The summed E-state index contributed by atoms with van der Waals surface area (Å²) >= 11 is 0. The van der Waals surface area contributed by atoms with Gasteiger partial charge in [-0.3, -0.25) is 9.59 Å². The van der Waals surface area contributed by atoms with Gasteiger partial charge in [-0.15, -0.1) is 0 Å². The number of carboxylic acid groups (broad SMARTS) is 1. The SMILES string of the molecule is Nc1ccc(OCCC(=O)CC(=O)O)cc1. The number of rotatable bonds is 6. The molecule has 0 radical (unpaired) electrons. The fourth-order valence-corrected chi connectivity index (χ4v) is 1.10. The van der Waals surface area contributed by atoms with E-state index < -0.39 is 12.4 Å². The second-order valence-corrected chi connectivity index (χ2v) is 3.28. The largest absolute Gasteiger partial charge is 0.493 e. The molecule has 0 aliphatic heterocycles. The highest BCUT2D eigenvalue weighted by Crippen LogP contribution is 2.13. The van der Waals surface area contributed by atoms with Crippen molar-refractivity contribution >= 4 is 17.4 Å². The van der Waals surface area contributed by atoms with E-state index in [1.807, 2.05) is 0 Å². The van der Waals surface area contributed by atoms with Crippen LogP contribution in [-0.2, 0) is 9.59 Å². The first-order valence-corrected chi connectivity index (χ1v) is 4.80. The van der Waals surface area contributed by atoms with Gasteiger partial charge in [0.15, 0.2) is 0 Å². The summed E-state index contributed by atoms with van der Waals surface area (Å²) in [6, 6.07) is 6.76. The number of benzene rings is 1. The average molecular weight is 223 g/mol. The number of anilines is 1. The number of aliphatic carboxylic acids is 1. The normalized spacial score (nSPS) is 9.75. The number of carboxylic acids is 1. The highest BCUT2D eigenvalue weighted by molar-refractivity contribution is 5.94. The van der Waals surface area contributed by atoms with Gasteiger partial charge in [-0.05, 0) is 24.3 Å². The molecule has 5 heteroatoms. The minimum Gasteiger partial charge on any atom is -0.493 e. The predicted octanol–water partition coefficient (Wildman–Crippen LogP) is 1.08. The second kappa shape index (κ2) is 5.75. The van der Waals surface area contributed by atoms with Gasteiger partial charge in [0.05, 0.1) is 6.61 Å². The zero-order valence-corrected chi connectivity index (χ0v) is 8.68. The summed E-state index contributed by atoms with van der Waals surface area (Å²) in [6.45, 7) is 0.177. The Morgan fingerprint density at radius 2 is 1.88 bits per heavy atom. The first-order valence-electron chi connectivity index (χ1n) is 4.80. The molecular weight excluding hydrogens is 210 g/mol. The lowest BCUT2D eigenvalue weighted by Crippen LogP contribution is -2.10. The highest BCUT2D eigenvalue weighted by atomic mass is 16.5. The number of hydrogen-bond donors (Lipinski definition) is 2. The molecule has 0 bridgehead atoms. The molecule has 0 saturated heterocycles. The maximum absolute atomic E-state index is 11.0.